The standard InChI is InChI=1S/C16H18N2O/c19-14-5-3-9-18(10-4-6-14)12-13-11-17-16-8-2-1-7-15(13)16/h1-2,7-8,11-12H,3-6,9-10H2/b13-12-. The number of nitrogens with zero attached hydrogens (tertiary/aromatic N) is 2. The summed E-state index contributed by atoms with van der Waals surface area (Å²) in [5.74, 6) is 0.417. The SMILES string of the molecule is O=C1CCCN(/C=C2/C=Nc3ccccc32)CCC1. The van der Waals surface area contributed by atoms with Gasteiger partial charge < -0.3 is 4.90 Å². The number of aliphatic imine (C=N–C) groups is 1. The Morgan fingerprint density at radius 2 is 1.84 bits per heavy atom. The van der Waals surface area contributed by atoms with Crippen LogP contribution in [-0.4, -0.2) is 30.0 Å². The molecule has 19 heavy (non-hydrogen) atoms. The Balaban J connectivity index is 1.75. The van der Waals surface area contributed by atoms with Gasteiger partial charge in [-0.2, -0.15) is 0 Å². The van der Waals surface area contributed by atoms with Gasteiger partial charge in [0.15, 0.2) is 0 Å². The number of para-hydroxylation sites is 1. The van der Waals surface area contributed by atoms with Crippen LogP contribution in [0, 0.1) is 0 Å². The highest BCUT2D eigenvalue weighted by Gasteiger charge is 2.14. The van der Waals surface area contributed by atoms with E-state index in [9.17, 15) is 4.79 Å². The van der Waals surface area contributed by atoms with E-state index in [1.165, 1.54) is 11.1 Å². The average molecular weight is 254 g/mol. The predicted molar refractivity (Wildman–Crippen MR) is 77.6 cm³/mol. The number of hydrogen-bond acceptors (Lipinski definition) is 3. The molecule has 1 saturated heterocycles. The highest BCUT2D eigenvalue weighted by atomic mass is 16.1. The fourth-order valence-electron chi connectivity index (χ4n) is 2.66. The van der Waals surface area contributed by atoms with Crippen LogP contribution in [0.15, 0.2) is 35.5 Å². The third kappa shape index (κ3) is 2.75. The van der Waals surface area contributed by atoms with Crippen molar-refractivity contribution in [1.82, 2.24) is 4.90 Å². The van der Waals surface area contributed by atoms with Gasteiger partial charge in [-0.05, 0) is 18.9 Å². The summed E-state index contributed by atoms with van der Waals surface area (Å²) in [6, 6.07) is 8.22. The molecule has 2 aliphatic rings. The van der Waals surface area contributed by atoms with Gasteiger partial charge in [0.25, 0.3) is 0 Å². The van der Waals surface area contributed by atoms with Crippen molar-refractivity contribution in [2.45, 2.75) is 25.7 Å². The Labute approximate surface area is 113 Å². The number of rotatable bonds is 1. The van der Waals surface area contributed by atoms with Gasteiger partial charge >= 0.3 is 0 Å². The van der Waals surface area contributed by atoms with Gasteiger partial charge in [-0.15, -0.1) is 0 Å². The molecular formula is C16H18N2O. The van der Waals surface area contributed by atoms with Crippen molar-refractivity contribution in [2.24, 2.45) is 4.99 Å². The molecule has 1 aromatic carbocycles. The van der Waals surface area contributed by atoms with Crippen molar-refractivity contribution in [3.63, 3.8) is 0 Å². The third-order valence-electron chi connectivity index (χ3n) is 3.68. The number of carbonyl (C=O) groups is 1. The fraction of sp³-hybridized carbons (Fsp3) is 0.375. The molecule has 3 nitrogen and oxygen atoms in total. The summed E-state index contributed by atoms with van der Waals surface area (Å²) < 4.78 is 0. The molecule has 2 heterocycles. The molecule has 0 spiro atoms. The van der Waals surface area contributed by atoms with Crippen LogP contribution in [0.2, 0.25) is 0 Å². The molecule has 2 aliphatic heterocycles. The number of ketones is 1. The molecule has 1 fully saturated rings. The van der Waals surface area contributed by atoms with Crippen molar-refractivity contribution in [1.29, 1.82) is 0 Å². The normalized spacial score (nSPS) is 21.4. The second kappa shape index (κ2) is 5.39. The molecule has 3 rings (SSSR count). The lowest BCUT2D eigenvalue weighted by atomic mass is 10.1. The van der Waals surface area contributed by atoms with Crippen molar-refractivity contribution >= 4 is 23.3 Å². The largest absolute Gasteiger partial charge is 0.377 e. The molecule has 98 valence electrons. The highest BCUT2D eigenvalue weighted by Crippen LogP contribution is 2.31. The van der Waals surface area contributed by atoms with Crippen LogP contribution in [-0.2, 0) is 4.79 Å². The number of Topliss-reactive ketones (excluding diaryl/α,β-unsaturated/α-hetero) is 1. The first-order valence-corrected chi connectivity index (χ1v) is 6.94. The molecule has 0 atom stereocenters. The van der Waals surface area contributed by atoms with E-state index in [0.29, 0.717) is 5.78 Å². The van der Waals surface area contributed by atoms with E-state index in [-0.39, 0.29) is 0 Å². The van der Waals surface area contributed by atoms with Gasteiger partial charge in [0.1, 0.15) is 5.78 Å². The maximum absolute atomic E-state index is 11.4. The first-order chi connectivity index (χ1) is 9.33. The summed E-state index contributed by atoms with van der Waals surface area (Å²) in [6.45, 7) is 1.93. The van der Waals surface area contributed by atoms with Crippen molar-refractivity contribution in [3.05, 3.63) is 36.0 Å². The van der Waals surface area contributed by atoms with E-state index in [0.717, 1.165) is 44.5 Å². The minimum Gasteiger partial charge on any atom is -0.377 e. The lowest BCUT2D eigenvalue weighted by molar-refractivity contribution is -0.119. The Morgan fingerprint density at radius 1 is 1.11 bits per heavy atom. The van der Waals surface area contributed by atoms with E-state index < -0.39 is 0 Å². The van der Waals surface area contributed by atoms with Crippen molar-refractivity contribution in [2.75, 3.05) is 13.1 Å². The van der Waals surface area contributed by atoms with E-state index in [1.54, 1.807) is 0 Å². The fourth-order valence-corrected chi connectivity index (χ4v) is 2.66. The average Bonchev–Trinajstić information content (AvgIpc) is 2.79. The molecule has 0 aliphatic carbocycles. The van der Waals surface area contributed by atoms with E-state index >= 15 is 0 Å². The smallest absolute Gasteiger partial charge is 0.133 e. The van der Waals surface area contributed by atoms with Gasteiger partial charge in [0, 0.05) is 49.5 Å². The summed E-state index contributed by atoms with van der Waals surface area (Å²) in [7, 11) is 0. The molecule has 0 unspecified atom stereocenters. The van der Waals surface area contributed by atoms with E-state index in [4.69, 9.17) is 0 Å². The second-order valence-electron chi connectivity index (χ2n) is 5.14. The zero-order chi connectivity index (χ0) is 13.1. The summed E-state index contributed by atoms with van der Waals surface area (Å²) in [4.78, 5) is 18.2. The van der Waals surface area contributed by atoms with Crippen LogP contribution >= 0.6 is 0 Å². The number of likely N-dealkylation sites (tertiary alicyclic amines) is 1. The molecule has 0 aromatic heterocycles. The molecule has 3 heteroatoms. The molecule has 0 bridgehead atoms. The van der Waals surface area contributed by atoms with Crippen LogP contribution in [0.25, 0.3) is 5.57 Å². The lowest BCUT2D eigenvalue weighted by Crippen LogP contribution is -2.24. The van der Waals surface area contributed by atoms with Gasteiger partial charge in [-0.3, -0.25) is 9.79 Å². The summed E-state index contributed by atoms with van der Waals surface area (Å²) >= 11 is 0. The Hall–Kier alpha value is -1.90. The maximum atomic E-state index is 11.4. The number of benzene rings is 1. The van der Waals surface area contributed by atoms with Crippen LogP contribution < -0.4 is 0 Å². The minimum atomic E-state index is 0.417. The Kier molecular flexibility index (Phi) is 3.45. The minimum absolute atomic E-state index is 0.417. The summed E-state index contributed by atoms with van der Waals surface area (Å²) in [5.41, 5.74) is 3.44. The monoisotopic (exact) mass is 254 g/mol. The number of allylic oxidation sites excluding steroid dienone is 1. The Bertz CT molecular complexity index is 533. The summed E-state index contributed by atoms with van der Waals surface area (Å²) in [6.07, 6.45) is 7.51. The van der Waals surface area contributed by atoms with Crippen molar-refractivity contribution in [3.8, 4) is 0 Å². The zero-order valence-corrected chi connectivity index (χ0v) is 11.0. The van der Waals surface area contributed by atoms with Gasteiger partial charge in [-0.1, -0.05) is 18.2 Å². The van der Waals surface area contributed by atoms with Gasteiger partial charge in [-0.25, -0.2) is 0 Å². The quantitative estimate of drug-likeness (QED) is 0.771. The second-order valence-corrected chi connectivity index (χ2v) is 5.14. The van der Waals surface area contributed by atoms with Crippen LogP contribution in [0.3, 0.4) is 0 Å². The highest BCUT2D eigenvalue weighted by molar-refractivity contribution is 6.16. The molecule has 0 N–H and O–H groups in total. The van der Waals surface area contributed by atoms with Gasteiger partial charge in [0.2, 0.25) is 0 Å². The topological polar surface area (TPSA) is 32.7 Å². The summed E-state index contributed by atoms with van der Waals surface area (Å²) in [5, 5.41) is 0. The molecular weight excluding hydrogens is 236 g/mol. The molecule has 0 radical (unpaired) electrons. The first kappa shape index (κ1) is 12.2. The first-order valence-electron chi connectivity index (χ1n) is 6.94. The maximum Gasteiger partial charge on any atom is 0.133 e. The predicted octanol–water partition coefficient (Wildman–Crippen LogP) is 3.19. The zero-order valence-electron chi connectivity index (χ0n) is 11.0. The number of fused-ring (bicyclic) bond motifs is 1. The van der Waals surface area contributed by atoms with Crippen LogP contribution in [0.4, 0.5) is 5.69 Å². The number of carbonyl (C=O) groups excluding carboxylic acids is 1. The molecule has 1 aromatic rings. The van der Waals surface area contributed by atoms with Crippen LogP contribution in [0.1, 0.15) is 31.2 Å². The van der Waals surface area contributed by atoms with E-state index in [2.05, 4.69) is 22.2 Å². The van der Waals surface area contributed by atoms with E-state index in [1.807, 2.05) is 24.4 Å². The Morgan fingerprint density at radius 3 is 2.63 bits per heavy atom. The lowest BCUT2D eigenvalue weighted by Gasteiger charge is -2.23. The molecule has 0 amide bonds. The van der Waals surface area contributed by atoms with Gasteiger partial charge in [0.05, 0.1) is 5.69 Å². The number of hydrogen-bond donors (Lipinski definition) is 0. The molecule has 0 saturated carbocycles. The van der Waals surface area contributed by atoms with Crippen molar-refractivity contribution < 1.29 is 4.79 Å². The third-order valence-corrected chi connectivity index (χ3v) is 3.68. The van der Waals surface area contributed by atoms with Crippen LogP contribution in [0.5, 0.6) is 0 Å².